The van der Waals surface area contributed by atoms with Crippen LogP contribution in [0.4, 0.5) is 18.4 Å². The van der Waals surface area contributed by atoms with Gasteiger partial charge in [-0.15, -0.1) is 20.4 Å². The van der Waals surface area contributed by atoms with Crippen LogP contribution in [0, 0.1) is 11.6 Å². The Bertz CT molecular complexity index is 3540. The molecule has 0 saturated carbocycles. The van der Waals surface area contributed by atoms with Crippen molar-refractivity contribution in [3.8, 4) is 22.8 Å². The number of nitrogens with one attached hydrogen (secondary N) is 6. The van der Waals surface area contributed by atoms with E-state index in [1.807, 2.05) is 62.4 Å². The van der Waals surface area contributed by atoms with Gasteiger partial charge in [-0.1, -0.05) is 72.8 Å². The summed E-state index contributed by atoms with van der Waals surface area (Å²) in [4.78, 5) is 94.3. The number of hydrogen-bond donors (Lipinski definition) is 6. The van der Waals surface area contributed by atoms with E-state index in [0.717, 1.165) is 46.0 Å². The van der Waals surface area contributed by atoms with Crippen LogP contribution in [0.1, 0.15) is 111 Å². The van der Waals surface area contributed by atoms with Crippen molar-refractivity contribution < 1.29 is 42.3 Å². The third-order valence-electron chi connectivity index (χ3n) is 11.9. The number of urea groups is 1. The molecule has 0 bridgehead atoms. The summed E-state index contributed by atoms with van der Waals surface area (Å²) in [5.41, 5.74) is 4.09. The quantitative estimate of drug-likeness (QED) is 0.0573. The Morgan fingerprint density at radius 3 is 1.30 bits per heavy atom. The van der Waals surface area contributed by atoms with Crippen LogP contribution in [0.25, 0.3) is 22.8 Å². The number of nitrogens with zero attached hydrogens (tertiary/aromatic N) is 13. The van der Waals surface area contributed by atoms with Crippen LogP contribution in [0.5, 0.6) is 0 Å². The van der Waals surface area contributed by atoms with Gasteiger partial charge in [-0.2, -0.15) is 9.59 Å². The summed E-state index contributed by atoms with van der Waals surface area (Å²) in [6.07, 6.45) is 1.78. The number of ether oxygens (including phenoxy) is 1. The highest BCUT2D eigenvalue weighted by Gasteiger charge is 2.20. The van der Waals surface area contributed by atoms with E-state index in [9.17, 15) is 37.5 Å². The standard InChI is InChI=1S/C29H32FN9O4.C27H29FN10O3/c1-18(35-27(41)24-15-23(33-17-34-24)26(40)32-16-19-5-11-22(30)12-6-19)20-7-9-21(10-8-20)25-36-38-39(37-25)14-13-31-28(42)43-29(2,3)4;1-17(19-6-8-20(9-7-19)24-34-36-38(35-24)13-12-29-27(41)37(2)3)33-26(40)23-14-22(31-16-32-23)25(39)30-15-18-4-10-21(28)11-5-18/h5-12,15,17-18H,13-14,16H2,1-4H3,(H,31,42)(H,32,40)(H,35,41);4-11,14,16-17H,12-13,15H2,1-3H3,(H,29,41)(H,30,39)(H,33,40)/t18-;17-/m00/s1. The van der Waals surface area contributed by atoms with Crippen LogP contribution in [-0.4, -0.2) is 134 Å². The fourth-order valence-electron chi connectivity index (χ4n) is 7.41. The molecule has 0 fully saturated rings. The molecule has 4 aromatic heterocycles. The lowest BCUT2D eigenvalue weighted by Crippen LogP contribution is -2.36. The van der Waals surface area contributed by atoms with Crippen molar-refractivity contribution in [2.24, 2.45) is 0 Å². The summed E-state index contributed by atoms with van der Waals surface area (Å²) in [5, 5.41) is 41.3. The fraction of sp³-hybridized carbons (Fsp3) is 0.286. The van der Waals surface area contributed by atoms with Crippen molar-refractivity contribution in [2.75, 3.05) is 27.2 Å². The van der Waals surface area contributed by atoms with Crippen molar-refractivity contribution in [1.29, 1.82) is 0 Å². The molecule has 4 aromatic carbocycles. The van der Waals surface area contributed by atoms with Crippen molar-refractivity contribution in [3.05, 3.63) is 179 Å². The highest BCUT2D eigenvalue weighted by Crippen LogP contribution is 2.21. The van der Waals surface area contributed by atoms with Gasteiger partial charge in [0.05, 0.1) is 25.2 Å². The SMILES string of the molecule is C[C@H](NC(=O)c1cc(C(=O)NCc2ccc(F)cc2)ncn1)c1ccc(-c2nnn(CCNC(=O)N(C)C)n2)cc1.C[C@H](NC(=O)c1cc(C(=O)NCc2ccc(F)cc2)ncn1)c1ccc(-c2nnn(CCNC(=O)OC(C)(C)C)n2)cc1. The topological polar surface area (TPSA) is 326 Å². The first-order valence-corrected chi connectivity index (χ1v) is 26.2. The second kappa shape index (κ2) is 28.7. The van der Waals surface area contributed by atoms with Gasteiger partial charge >= 0.3 is 12.1 Å². The molecule has 0 aliphatic carbocycles. The zero-order chi connectivity index (χ0) is 60.3. The molecule has 7 amide bonds. The maximum atomic E-state index is 13.1. The normalized spacial score (nSPS) is 11.6. The molecule has 84 heavy (non-hydrogen) atoms. The summed E-state index contributed by atoms with van der Waals surface area (Å²) in [5.74, 6) is -1.81. The maximum absolute atomic E-state index is 13.1. The molecular weight excluding hydrogens is 1090 g/mol. The number of carbonyl (C=O) groups is 6. The van der Waals surface area contributed by atoms with Crippen LogP contribution in [0.2, 0.25) is 0 Å². The Morgan fingerprint density at radius 1 is 0.536 bits per heavy atom. The monoisotopic (exact) mass is 1150 g/mol. The highest BCUT2D eigenvalue weighted by atomic mass is 19.1. The van der Waals surface area contributed by atoms with E-state index >= 15 is 0 Å². The molecule has 2 atom stereocenters. The van der Waals surface area contributed by atoms with Crippen LogP contribution in [0.3, 0.4) is 0 Å². The Labute approximate surface area is 480 Å². The number of rotatable bonds is 20. The van der Waals surface area contributed by atoms with Crippen molar-refractivity contribution >= 4 is 35.8 Å². The molecule has 0 unspecified atom stereocenters. The Kier molecular flexibility index (Phi) is 20.9. The molecule has 26 nitrogen and oxygen atoms in total. The number of hydrogen-bond acceptors (Lipinski definition) is 17. The minimum atomic E-state index is -0.583. The summed E-state index contributed by atoms with van der Waals surface area (Å²) in [7, 11) is 3.31. The lowest BCUT2D eigenvalue weighted by molar-refractivity contribution is 0.0524. The second-order valence-electron chi connectivity index (χ2n) is 19.8. The number of halogens is 2. The van der Waals surface area contributed by atoms with Gasteiger partial charge in [0.15, 0.2) is 0 Å². The van der Waals surface area contributed by atoms with Crippen LogP contribution < -0.4 is 31.9 Å². The molecule has 0 aliphatic rings. The van der Waals surface area contributed by atoms with Crippen molar-refractivity contribution in [1.82, 2.24) is 97.2 Å². The van der Waals surface area contributed by atoms with Crippen molar-refractivity contribution in [2.45, 2.75) is 78.5 Å². The van der Waals surface area contributed by atoms with Gasteiger partial charge in [-0.3, -0.25) is 19.2 Å². The van der Waals surface area contributed by atoms with E-state index in [1.54, 1.807) is 59.1 Å². The minimum Gasteiger partial charge on any atom is -0.444 e. The van der Waals surface area contributed by atoms with Gasteiger partial charge in [-0.05, 0) is 91.6 Å². The van der Waals surface area contributed by atoms with Crippen molar-refractivity contribution in [3.63, 3.8) is 0 Å². The summed E-state index contributed by atoms with van der Waals surface area (Å²) < 4.78 is 31.3. The Morgan fingerprint density at radius 2 is 0.917 bits per heavy atom. The Hall–Kier alpha value is -10.5. The largest absolute Gasteiger partial charge is 0.444 e. The van der Waals surface area contributed by atoms with Gasteiger partial charge < -0.3 is 41.5 Å². The smallest absolute Gasteiger partial charge is 0.407 e. The lowest BCUT2D eigenvalue weighted by atomic mass is 10.1. The lowest BCUT2D eigenvalue weighted by Gasteiger charge is -2.19. The molecule has 0 aliphatic heterocycles. The van der Waals surface area contributed by atoms with Gasteiger partial charge in [0.2, 0.25) is 11.6 Å². The second-order valence-corrected chi connectivity index (χ2v) is 19.8. The summed E-state index contributed by atoms with van der Waals surface area (Å²) in [6, 6.07) is 27.8. The molecule has 8 rings (SSSR count). The fourth-order valence-corrected chi connectivity index (χ4v) is 7.41. The van der Waals surface area contributed by atoms with Gasteiger partial charge in [0, 0.05) is 63.5 Å². The zero-order valence-electron chi connectivity index (χ0n) is 46.9. The van der Waals surface area contributed by atoms with E-state index < -0.39 is 35.3 Å². The van der Waals surface area contributed by atoms with Crippen LogP contribution in [-0.2, 0) is 30.9 Å². The van der Waals surface area contributed by atoms with E-state index in [4.69, 9.17) is 4.74 Å². The number of tetrazole rings is 2. The molecule has 436 valence electrons. The van der Waals surface area contributed by atoms with Gasteiger partial charge in [-0.25, -0.2) is 38.3 Å². The first kappa shape index (κ1) is 61.1. The van der Waals surface area contributed by atoms with Crippen LogP contribution >= 0.6 is 0 Å². The maximum Gasteiger partial charge on any atom is 0.407 e. The molecule has 6 N–H and O–H groups in total. The first-order valence-electron chi connectivity index (χ1n) is 26.2. The van der Waals surface area contributed by atoms with Gasteiger partial charge in [0.1, 0.15) is 52.7 Å². The third-order valence-corrected chi connectivity index (χ3v) is 11.9. The molecule has 28 heteroatoms. The number of amides is 7. The number of carbonyl (C=O) groups excluding carboxylic acids is 6. The molecule has 4 heterocycles. The molecule has 0 radical (unpaired) electrons. The van der Waals surface area contributed by atoms with E-state index in [0.29, 0.717) is 31.3 Å². The summed E-state index contributed by atoms with van der Waals surface area (Å²) in [6.45, 7) is 10.7. The molecule has 8 aromatic rings. The van der Waals surface area contributed by atoms with Gasteiger partial charge in [0.25, 0.3) is 23.6 Å². The average molecular weight is 1150 g/mol. The summed E-state index contributed by atoms with van der Waals surface area (Å²) >= 11 is 0. The average Bonchev–Trinajstić information content (AvgIpc) is 4.18. The van der Waals surface area contributed by atoms with Crippen LogP contribution in [0.15, 0.2) is 122 Å². The number of benzene rings is 4. The number of aromatic nitrogens is 12. The third kappa shape index (κ3) is 18.5. The van der Waals surface area contributed by atoms with E-state index in [2.05, 4.69) is 82.7 Å². The zero-order valence-corrected chi connectivity index (χ0v) is 46.9. The Balaban J connectivity index is 0.000000241. The predicted octanol–water partition coefficient (Wildman–Crippen LogP) is 5.18. The molecule has 0 saturated heterocycles. The molecular formula is C56H61F2N19O7. The first-order chi connectivity index (χ1) is 40.2. The molecule has 0 spiro atoms. The van der Waals surface area contributed by atoms with E-state index in [1.165, 1.54) is 50.9 Å². The highest BCUT2D eigenvalue weighted by molar-refractivity contribution is 5.98. The van der Waals surface area contributed by atoms with E-state index in [-0.39, 0.29) is 72.2 Å². The predicted molar refractivity (Wildman–Crippen MR) is 299 cm³/mol. The minimum absolute atomic E-state index is 0.0282. The number of alkyl carbamates (subject to hydrolysis) is 1.